The van der Waals surface area contributed by atoms with Crippen LogP contribution >= 0.6 is 23.7 Å². The van der Waals surface area contributed by atoms with E-state index in [0.29, 0.717) is 6.54 Å². The van der Waals surface area contributed by atoms with Gasteiger partial charge in [0.15, 0.2) is 0 Å². The van der Waals surface area contributed by atoms with Crippen molar-refractivity contribution in [3.05, 3.63) is 41.3 Å². The van der Waals surface area contributed by atoms with E-state index in [9.17, 15) is 4.79 Å². The predicted molar refractivity (Wildman–Crippen MR) is 105 cm³/mol. The topological polar surface area (TPSA) is 64.3 Å². The van der Waals surface area contributed by atoms with E-state index in [1.807, 2.05) is 12.1 Å². The number of hydrogen-bond acceptors (Lipinski definition) is 4. The summed E-state index contributed by atoms with van der Waals surface area (Å²) in [6.07, 6.45) is 3.87. The SMILES string of the molecule is COc1ccc(-c2ccc(CNC(=O)C3CCCC(N)C3)s2)cc1.Cl. The highest BCUT2D eigenvalue weighted by molar-refractivity contribution is 7.15. The highest BCUT2D eigenvalue weighted by Gasteiger charge is 2.25. The van der Waals surface area contributed by atoms with Gasteiger partial charge in [-0.05, 0) is 61.2 Å². The molecule has 1 amide bonds. The molecule has 4 nitrogen and oxygen atoms in total. The predicted octanol–water partition coefficient (Wildman–Crippen LogP) is 3.98. The normalized spacial score (nSPS) is 19.8. The van der Waals surface area contributed by atoms with Crippen LogP contribution in [-0.2, 0) is 11.3 Å². The van der Waals surface area contributed by atoms with Crippen LogP contribution in [0.25, 0.3) is 10.4 Å². The molecule has 2 unspecified atom stereocenters. The number of nitrogens with two attached hydrogens (primary N) is 1. The van der Waals surface area contributed by atoms with E-state index < -0.39 is 0 Å². The zero-order valence-corrected chi connectivity index (χ0v) is 16.0. The van der Waals surface area contributed by atoms with Crippen molar-refractivity contribution < 1.29 is 9.53 Å². The van der Waals surface area contributed by atoms with Gasteiger partial charge in [-0.2, -0.15) is 0 Å². The molecular formula is C19H25ClN2O2S. The summed E-state index contributed by atoms with van der Waals surface area (Å²) >= 11 is 1.71. The third-order valence-electron chi connectivity index (χ3n) is 4.56. The monoisotopic (exact) mass is 380 g/mol. The van der Waals surface area contributed by atoms with Crippen LogP contribution in [0.15, 0.2) is 36.4 Å². The van der Waals surface area contributed by atoms with Crippen LogP contribution in [0.5, 0.6) is 5.75 Å². The van der Waals surface area contributed by atoms with Crippen LogP contribution in [0.3, 0.4) is 0 Å². The molecule has 1 aromatic heterocycles. The number of methoxy groups -OCH3 is 1. The molecule has 0 saturated heterocycles. The largest absolute Gasteiger partial charge is 0.497 e. The number of rotatable bonds is 5. The van der Waals surface area contributed by atoms with E-state index in [-0.39, 0.29) is 30.3 Å². The molecule has 1 aromatic carbocycles. The first kappa shape index (κ1) is 19.8. The molecule has 25 heavy (non-hydrogen) atoms. The Labute approximate surface area is 159 Å². The van der Waals surface area contributed by atoms with Gasteiger partial charge in [-0.25, -0.2) is 0 Å². The molecule has 0 spiro atoms. The fourth-order valence-corrected chi connectivity index (χ4v) is 4.12. The van der Waals surface area contributed by atoms with E-state index in [0.717, 1.165) is 41.9 Å². The van der Waals surface area contributed by atoms with Gasteiger partial charge in [0.25, 0.3) is 0 Å². The minimum atomic E-state index is 0. The molecule has 3 N–H and O–H groups in total. The van der Waals surface area contributed by atoms with Gasteiger partial charge in [0.05, 0.1) is 13.7 Å². The third-order valence-corrected chi connectivity index (χ3v) is 5.69. The molecule has 1 aliphatic carbocycles. The number of carbonyl (C=O) groups is 1. The number of ether oxygens (including phenoxy) is 1. The molecule has 2 aromatic rings. The summed E-state index contributed by atoms with van der Waals surface area (Å²) in [5.41, 5.74) is 7.14. The summed E-state index contributed by atoms with van der Waals surface area (Å²) in [7, 11) is 1.67. The molecule has 1 fully saturated rings. The smallest absolute Gasteiger partial charge is 0.223 e. The fraction of sp³-hybridized carbons (Fsp3) is 0.421. The van der Waals surface area contributed by atoms with Gasteiger partial charge in [-0.1, -0.05) is 6.42 Å². The van der Waals surface area contributed by atoms with Crippen molar-refractivity contribution >= 4 is 29.7 Å². The Bertz CT molecular complexity index is 687. The molecular weight excluding hydrogens is 356 g/mol. The lowest BCUT2D eigenvalue weighted by molar-refractivity contribution is -0.126. The van der Waals surface area contributed by atoms with Gasteiger partial charge >= 0.3 is 0 Å². The highest BCUT2D eigenvalue weighted by atomic mass is 35.5. The Morgan fingerprint density at radius 2 is 2.00 bits per heavy atom. The van der Waals surface area contributed by atoms with Crippen LogP contribution in [0.1, 0.15) is 30.6 Å². The van der Waals surface area contributed by atoms with Crippen molar-refractivity contribution in [1.82, 2.24) is 5.32 Å². The third kappa shape index (κ3) is 5.21. The van der Waals surface area contributed by atoms with Gasteiger partial charge in [0.2, 0.25) is 5.91 Å². The number of nitrogens with one attached hydrogen (secondary N) is 1. The molecule has 0 aliphatic heterocycles. The summed E-state index contributed by atoms with van der Waals surface area (Å²) in [6, 6.07) is 12.4. The van der Waals surface area contributed by atoms with E-state index >= 15 is 0 Å². The zero-order valence-electron chi connectivity index (χ0n) is 14.4. The molecule has 6 heteroatoms. The quantitative estimate of drug-likeness (QED) is 0.824. The first-order valence-electron chi connectivity index (χ1n) is 8.42. The number of carbonyl (C=O) groups excluding carboxylic acids is 1. The first-order valence-corrected chi connectivity index (χ1v) is 9.24. The summed E-state index contributed by atoms with van der Waals surface area (Å²) in [5.74, 6) is 1.08. The second-order valence-electron chi connectivity index (χ2n) is 6.34. The molecule has 1 aliphatic rings. The van der Waals surface area contributed by atoms with E-state index in [1.54, 1.807) is 18.4 Å². The molecule has 2 atom stereocenters. The van der Waals surface area contributed by atoms with Crippen molar-refractivity contribution in [2.45, 2.75) is 38.3 Å². The fourth-order valence-electron chi connectivity index (χ4n) is 3.17. The van der Waals surface area contributed by atoms with Crippen LogP contribution in [0.2, 0.25) is 0 Å². The summed E-state index contributed by atoms with van der Waals surface area (Å²) < 4.78 is 5.19. The molecule has 1 saturated carbocycles. The van der Waals surface area contributed by atoms with Gasteiger partial charge in [0.1, 0.15) is 5.75 Å². The van der Waals surface area contributed by atoms with E-state index in [4.69, 9.17) is 10.5 Å². The summed E-state index contributed by atoms with van der Waals surface area (Å²) in [5, 5.41) is 3.07. The second kappa shape index (κ2) is 9.22. The van der Waals surface area contributed by atoms with Crippen molar-refractivity contribution in [1.29, 1.82) is 0 Å². The Morgan fingerprint density at radius 1 is 1.24 bits per heavy atom. The van der Waals surface area contributed by atoms with Crippen molar-refractivity contribution in [2.24, 2.45) is 11.7 Å². The number of halogens is 1. The van der Waals surface area contributed by atoms with Crippen LogP contribution < -0.4 is 15.8 Å². The zero-order chi connectivity index (χ0) is 16.9. The number of amides is 1. The van der Waals surface area contributed by atoms with Gasteiger partial charge in [0, 0.05) is 21.7 Å². The van der Waals surface area contributed by atoms with Crippen LogP contribution in [0, 0.1) is 5.92 Å². The summed E-state index contributed by atoms with van der Waals surface area (Å²) in [6.45, 7) is 0.589. The molecule has 3 rings (SSSR count). The van der Waals surface area contributed by atoms with E-state index in [1.165, 1.54) is 4.88 Å². The molecule has 0 bridgehead atoms. The number of hydrogen-bond donors (Lipinski definition) is 2. The first-order chi connectivity index (χ1) is 11.7. The van der Waals surface area contributed by atoms with Crippen LogP contribution in [-0.4, -0.2) is 19.1 Å². The average Bonchev–Trinajstić information content (AvgIpc) is 3.09. The molecule has 1 heterocycles. The standard InChI is InChI=1S/C19H24N2O2S.ClH/c1-23-16-7-5-13(6-8-16)18-10-9-17(24-18)12-21-19(22)14-3-2-4-15(20)11-14;/h5-10,14-15H,2-4,11-12,20H2,1H3,(H,21,22);1H. The lowest BCUT2D eigenvalue weighted by atomic mass is 9.85. The van der Waals surface area contributed by atoms with Crippen molar-refractivity contribution in [3.63, 3.8) is 0 Å². The lowest BCUT2D eigenvalue weighted by Gasteiger charge is -2.25. The maximum Gasteiger partial charge on any atom is 0.223 e. The van der Waals surface area contributed by atoms with E-state index in [2.05, 4.69) is 29.6 Å². The Balaban J connectivity index is 0.00000225. The van der Waals surface area contributed by atoms with Crippen molar-refractivity contribution in [3.8, 4) is 16.2 Å². The highest BCUT2D eigenvalue weighted by Crippen LogP contribution is 2.29. The maximum atomic E-state index is 12.3. The molecule has 0 radical (unpaired) electrons. The number of benzene rings is 1. The molecule has 136 valence electrons. The Morgan fingerprint density at radius 3 is 2.68 bits per heavy atom. The minimum absolute atomic E-state index is 0. The maximum absolute atomic E-state index is 12.3. The van der Waals surface area contributed by atoms with Gasteiger partial charge < -0.3 is 15.8 Å². The number of thiophene rings is 1. The van der Waals surface area contributed by atoms with Crippen LogP contribution in [0.4, 0.5) is 0 Å². The minimum Gasteiger partial charge on any atom is -0.497 e. The van der Waals surface area contributed by atoms with Gasteiger partial charge in [-0.3, -0.25) is 4.79 Å². The second-order valence-corrected chi connectivity index (χ2v) is 7.50. The van der Waals surface area contributed by atoms with Gasteiger partial charge in [-0.15, -0.1) is 23.7 Å². The average molecular weight is 381 g/mol. The summed E-state index contributed by atoms with van der Waals surface area (Å²) in [4.78, 5) is 14.6. The Hall–Kier alpha value is -1.56. The van der Waals surface area contributed by atoms with Crippen molar-refractivity contribution in [2.75, 3.05) is 7.11 Å². The lowest BCUT2D eigenvalue weighted by Crippen LogP contribution is -2.37. The Kier molecular flexibility index (Phi) is 7.29.